The quantitative estimate of drug-likeness (QED) is 0.402. The van der Waals surface area contributed by atoms with Gasteiger partial charge in [0.2, 0.25) is 0 Å². The number of carbonyl (C=O) groups is 1. The lowest BCUT2D eigenvalue weighted by Gasteiger charge is -2.08. The molecule has 0 atom stereocenters. The number of nitrogens with zero attached hydrogens (tertiary/aromatic N) is 2. The monoisotopic (exact) mass is 439 g/mol. The molecule has 0 saturated carbocycles. The minimum Gasteiger partial charge on any atom is -0.305 e. The molecular formula is C21H18BrN3OS. The summed E-state index contributed by atoms with van der Waals surface area (Å²) in [5, 5.41) is 5.10. The number of benzene rings is 2. The van der Waals surface area contributed by atoms with E-state index in [1.165, 1.54) is 0 Å². The molecule has 6 heteroatoms. The fourth-order valence-corrected chi connectivity index (χ4v) is 4.45. The second-order valence-electron chi connectivity index (χ2n) is 6.33. The van der Waals surface area contributed by atoms with Crippen molar-refractivity contribution in [3.8, 4) is 0 Å². The first-order valence-corrected chi connectivity index (χ1v) is 10.5. The lowest BCUT2D eigenvalue weighted by molar-refractivity contribution is 0.102. The van der Waals surface area contributed by atoms with Gasteiger partial charge in [-0.1, -0.05) is 53.5 Å². The fourth-order valence-electron chi connectivity index (χ4n) is 2.96. The van der Waals surface area contributed by atoms with Gasteiger partial charge in [0.15, 0.2) is 5.82 Å². The van der Waals surface area contributed by atoms with Crippen LogP contribution in [-0.2, 0) is 6.42 Å². The number of hydrogen-bond donors (Lipinski definition) is 1. The Morgan fingerprint density at radius 3 is 2.74 bits per heavy atom. The molecule has 136 valence electrons. The van der Waals surface area contributed by atoms with Crippen LogP contribution >= 0.6 is 27.3 Å². The highest BCUT2D eigenvalue weighted by Gasteiger charge is 2.16. The summed E-state index contributed by atoms with van der Waals surface area (Å²) in [6.45, 7) is 2.17. The SMILES string of the molecule is CCCCc1nc2c(NC(=O)c3ccccc3)nc3cc(Br)ccc3c2s1. The molecule has 0 aliphatic heterocycles. The average Bonchev–Trinajstić information content (AvgIpc) is 3.11. The van der Waals surface area contributed by atoms with Gasteiger partial charge in [-0.3, -0.25) is 4.79 Å². The van der Waals surface area contributed by atoms with Crippen molar-refractivity contribution in [2.24, 2.45) is 0 Å². The van der Waals surface area contributed by atoms with Crippen molar-refractivity contribution in [1.29, 1.82) is 0 Å². The van der Waals surface area contributed by atoms with Crippen molar-refractivity contribution in [3.05, 3.63) is 63.6 Å². The molecule has 1 N–H and O–H groups in total. The van der Waals surface area contributed by atoms with Crippen LogP contribution in [0.3, 0.4) is 0 Å². The summed E-state index contributed by atoms with van der Waals surface area (Å²) in [6.07, 6.45) is 3.17. The predicted molar refractivity (Wildman–Crippen MR) is 116 cm³/mol. The van der Waals surface area contributed by atoms with Crippen molar-refractivity contribution < 1.29 is 4.79 Å². The Bertz CT molecular complexity index is 1120. The average molecular weight is 440 g/mol. The van der Waals surface area contributed by atoms with Crippen molar-refractivity contribution in [2.75, 3.05) is 5.32 Å². The zero-order valence-electron chi connectivity index (χ0n) is 14.8. The van der Waals surface area contributed by atoms with E-state index in [0.717, 1.165) is 49.9 Å². The zero-order valence-corrected chi connectivity index (χ0v) is 17.2. The van der Waals surface area contributed by atoms with Crippen LogP contribution in [0.15, 0.2) is 53.0 Å². The highest BCUT2D eigenvalue weighted by molar-refractivity contribution is 9.10. The Morgan fingerprint density at radius 2 is 1.96 bits per heavy atom. The van der Waals surface area contributed by atoms with Crippen molar-refractivity contribution in [3.63, 3.8) is 0 Å². The van der Waals surface area contributed by atoms with E-state index in [9.17, 15) is 4.79 Å². The third-order valence-corrected chi connectivity index (χ3v) is 5.99. The summed E-state index contributed by atoms with van der Waals surface area (Å²) in [7, 11) is 0. The predicted octanol–water partition coefficient (Wildman–Crippen LogP) is 6.20. The number of hydrogen-bond acceptors (Lipinski definition) is 4. The van der Waals surface area contributed by atoms with Crippen LogP contribution in [0.5, 0.6) is 0 Å². The minimum atomic E-state index is -0.179. The van der Waals surface area contributed by atoms with Crippen LogP contribution in [0.25, 0.3) is 21.1 Å². The Hall–Kier alpha value is -2.31. The Balaban J connectivity index is 1.83. The summed E-state index contributed by atoms with van der Waals surface area (Å²) < 4.78 is 2.03. The Morgan fingerprint density at radius 1 is 1.15 bits per heavy atom. The highest BCUT2D eigenvalue weighted by atomic mass is 79.9. The molecule has 27 heavy (non-hydrogen) atoms. The lowest BCUT2D eigenvalue weighted by atomic mass is 10.2. The fraction of sp³-hybridized carbons (Fsp3) is 0.190. The number of amides is 1. The summed E-state index contributed by atoms with van der Waals surface area (Å²) >= 11 is 5.20. The van der Waals surface area contributed by atoms with Crippen LogP contribution in [0.2, 0.25) is 0 Å². The summed E-state index contributed by atoms with van der Waals surface area (Å²) in [5.41, 5.74) is 2.21. The van der Waals surface area contributed by atoms with Crippen molar-refractivity contribution in [1.82, 2.24) is 9.97 Å². The van der Waals surface area contributed by atoms with Crippen molar-refractivity contribution >= 4 is 60.1 Å². The van der Waals surface area contributed by atoms with E-state index >= 15 is 0 Å². The molecule has 1 amide bonds. The van der Waals surface area contributed by atoms with Crippen LogP contribution in [-0.4, -0.2) is 15.9 Å². The van der Waals surface area contributed by atoms with E-state index in [2.05, 4.69) is 34.2 Å². The largest absolute Gasteiger partial charge is 0.305 e. The number of rotatable bonds is 5. The number of aryl methyl sites for hydroxylation is 1. The molecule has 0 spiro atoms. The number of unbranched alkanes of at least 4 members (excludes halogenated alkanes) is 1. The normalized spacial score (nSPS) is 11.2. The van der Waals surface area contributed by atoms with E-state index < -0.39 is 0 Å². The molecule has 0 radical (unpaired) electrons. The first-order valence-electron chi connectivity index (χ1n) is 8.91. The second-order valence-corrected chi connectivity index (χ2v) is 8.33. The number of aromatic nitrogens is 2. The molecular weight excluding hydrogens is 422 g/mol. The molecule has 2 heterocycles. The number of nitrogens with one attached hydrogen (secondary N) is 1. The molecule has 2 aromatic heterocycles. The number of anilines is 1. The van der Waals surface area contributed by atoms with E-state index in [0.29, 0.717) is 11.4 Å². The Labute approximate surface area is 169 Å². The molecule has 4 aromatic rings. The van der Waals surface area contributed by atoms with E-state index in [4.69, 9.17) is 9.97 Å². The van der Waals surface area contributed by atoms with Crippen LogP contribution < -0.4 is 5.32 Å². The molecule has 0 unspecified atom stereocenters. The summed E-state index contributed by atoms with van der Waals surface area (Å²) in [5.74, 6) is 0.338. The zero-order chi connectivity index (χ0) is 18.8. The van der Waals surface area contributed by atoms with Gasteiger partial charge in [-0.15, -0.1) is 11.3 Å². The maximum atomic E-state index is 12.7. The standard InChI is InChI=1S/C21H18BrN3OS/c1-2-3-9-17-24-18-19(27-17)15-11-10-14(22)12-16(15)23-20(18)25-21(26)13-7-5-4-6-8-13/h4-8,10-12H,2-3,9H2,1H3,(H,23,25,26). The first-order chi connectivity index (χ1) is 13.2. The number of carbonyl (C=O) groups excluding carboxylic acids is 1. The van der Waals surface area contributed by atoms with Gasteiger partial charge < -0.3 is 5.32 Å². The van der Waals surface area contributed by atoms with Crippen LogP contribution in [0, 0.1) is 0 Å². The molecule has 2 aromatic carbocycles. The summed E-state index contributed by atoms with van der Waals surface area (Å²) in [4.78, 5) is 22.2. The maximum absolute atomic E-state index is 12.7. The lowest BCUT2D eigenvalue weighted by Crippen LogP contribution is -2.13. The Kier molecular flexibility index (Phi) is 5.18. The number of halogens is 1. The number of pyridine rings is 1. The molecule has 0 saturated heterocycles. The van der Waals surface area contributed by atoms with Gasteiger partial charge in [-0.25, -0.2) is 9.97 Å². The molecule has 0 aliphatic rings. The molecule has 0 aliphatic carbocycles. The minimum absolute atomic E-state index is 0.179. The van der Waals surface area contributed by atoms with Gasteiger partial charge in [-0.05, 0) is 37.1 Å². The van der Waals surface area contributed by atoms with Gasteiger partial charge in [0.25, 0.3) is 5.91 Å². The van der Waals surface area contributed by atoms with E-state index in [-0.39, 0.29) is 5.91 Å². The van der Waals surface area contributed by atoms with Gasteiger partial charge in [0.05, 0.1) is 15.2 Å². The smallest absolute Gasteiger partial charge is 0.256 e. The van der Waals surface area contributed by atoms with Crippen molar-refractivity contribution in [2.45, 2.75) is 26.2 Å². The highest BCUT2D eigenvalue weighted by Crippen LogP contribution is 2.35. The third-order valence-electron chi connectivity index (χ3n) is 4.34. The molecule has 0 bridgehead atoms. The summed E-state index contributed by atoms with van der Waals surface area (Å²) in [6, 6.07) is 15.2. The maximum Gasteiger partial charge on any atom is 0.256 e. The van der Waals surface area contributed by atoms with Gasteiger partial charge in [-0.2, -0.15) is 0 Å². The molecule has 0 fully saturated rings. The topological polar surface area (TPSA) is 54.9 Å². The van der Waals surface area contributed by atoms with E-state index in [1.807, 2.05) is 30.3 Å². The van der Waals surface area contributed by atoms with Gasteiger partial charge in [0.1, 0.15) is 5.52 Å². The molecule has 4 rings (SSSR count). The second kappa shape index (κ2) is 7.74. The molecule has 4 nitrogen and oxygen atoms in total. The van der Waals surface area contributed by atoms with Crippen LogP contribution in [0.1, 0.15) is 35.1 Å². The number of fused-ring (bicyclic) bond motifs is 3. The van der Waals surface area contributed by atoms with Gasteiger partial charge in [0, 0.05) is 15.4 Å². The van der Waals surface area contributed by atoms with Gasteiger partial charge >= 0.3 is 0 Å². The van der Waals surface area contributed by atoms with Crippen LogP contribution in [0.4, 0.5) is 5.82 Å². The third kappa shape index (κ3) is 3.73. The number of thiazole rings is 1. The van der Waals surface area contributed by atoms with E-state index in [1.54, 1.807) is 23.5 Å². The first kappa shape index (κ1) is 18.1.